The zero-order valence-corrected chi connectivity index (χ0v) is 14.8. The molecule has 0 aliphatic rings. The van der Waals surface area contributed by atoms with Gasteiger partial charge in [0.25, 0.3) is 5.91 Å². The zero-order chi connectivity index (χ0) is 16.8. The molecular formula is C19H24ClN3O. The van der Waals surface area contributed by atoms with E-state index in [0.717, 1.165) is 11.1 Å². The van der Waals surface area contributed by atoms with E-state index in [0.29, 0.717) is 12.3 Å². The average molecular weight is 346 g/mol. The molecule has 1 amide bonds. The first-order valence-electron chi connectivity index (χ1n) is 7.74. The van der Waals surface area contributed by atoms with Gasteiger partial charge in [0.15, 0.2) is 5.96 Å². The first-order chi connectivity index (χ1) is 11.0. The molecule has 24 heavy (non-hydrogen) atoms. The number of guanidine groups is 1. The first kappa shape index (κ1) is 19.7. The van der Waals surface area contributed by atoms with Crippen molar-refractivity contribution in [2.24, 2.45) is 16.5 Å². The summed E-state index contributed by atoms with van der Waals surface area (Å²) in [6, 6.07) is 17.9. The summed E-state index contributed by atoms with van der Waals surface area (Å²) in [4.78, 5) is 16.1. The second-order valence-electron chi connectivity index (χ2n) is 5.94. The number of hydrogen-bond donors (Lipinski definition) is 2. The van der Waals surface area contributed by atoms with Crippen LogP contribution in [0.25, 0.3) is 0 Å². The SMILES string of the molecule is CC(C)c1ccc(CC(C(=O)N=C(N)N)c2ccccc2)cc1.Cl. The molecule has 1 unspecified atom stereocenters. The molecule has 4 nitrogen and oxygen atoms in total. The molecule has 0 aliphatic carbocycles. The molecule has 0 bridgehead atoms. The van der Waals surface area contributed by atoms with Crippen molar-refractivity contribution in [3.8, 4) is 0 Å². The van der Waals surface area contributed by atoms with Crippen LogP contribution in [0.4, 0.5) is 0 Å². The lowest BCUT2D eigenvalue weighted by molar-refractivity contribution is -0.119. The van der Waals surface area contributed by atoms with Gasteiger partial charge < -0.3 is 11.5 Å². The smallest absolute Gasteiger partial charge is 0.256 e. The molecular weight excluding hydrogens is 322 g/mol. The van der Waals surface area contributed by atoms with Gasteiger partial charge in [0.05, 0.1) is 5.92 Å². The topological polar surface area (TPSA) is 81.5 Å². The van der Waals surface area contributed by atoms with Gasteiger partial charge in [-0.3, -0.25) is 4.79 Å². The Labute approximate surface area is 149 Å². The lowest BCUT2D eigenvalue weighted by Crippen LogP contribution is -2.26. The van der Waals surface area contributed by atoms with Gasteiger partial charge in [-0.25, -0.2) is 0 Å². The maximum absolute atomic E-state index is 12.4. The molecule has 0 fully saturated rings. The highest BCUT2D eigenvalue weighted by atomic mass is 35.5. The molecule has 4 N–H and O–H groups in total. The number of benzene rings is 2. The Kier molecular flexibility index (Phi) is 7.46. The van der Waals surface area contributed by atoms with Gasteiger partial charge in [-0.15, -0.1) is 12.4 Å². The van der Waals surface area contributed by atoms with Crippen molar-refractivity contribution in [3.05, 3.63) is 71.3 Å². The molecule has 0 aromatic heterocycles. The van der Waals surface area contributed by atoms with Crippen LogP contribution in [0.5, 0.6) is 0 Å². The molecule has 2 rings (SSSR count). The molecule has 2 aromatic carbocycles. The lowest BCUT2D eigenvalue weighted by Gasteiger charge is -2.15. The second-order valence-corrected chi connectivity index (χ2v) is 5.94. The Balaban J connectivity index is 0.00000288. The highest BCUT2D eigenvalue weighted by Gasteiger charge is 2.21. The Bertz CT molecular complexity index is 678. The minimum absolute atomic E-state index is 0. The summed E-state index contributed by atoms with van der Waals surface area (Å²) >= 11 is 0. The van der Waals surface area contributed by atoms with E-state index in [1.54, 1.807) is 0 Å². The first-order valence-corrected chi connectivity index (χ1v) is 7.74. The van der Waals surface area contributed by atoms with E-state index < -0.39 is 0 Å². The Morgan fingerprint density at radius 1 is 0.958 bits per heavy atom. The lowest BCUT2D eigenvalue weighted by atomic mass is 9.90. The number of halogens is 1. The molecule has 2 aromatic rings. The molecule has 0 heterocycles. The fourth-order valence-corrected chi connectivity index (χ4v) is 2.51. The van der Waals surface area contributed by atoms with E-state index in [1.165, 1.54) is 5.56 Å². The third-order valence-corrected chi connectivity index (χ3v) is 3.83. The van der Waals surface area contributed by atoms with Gasteiger partial charge in [-0.1, -0.05) is 68.4 Å². The van der Waals surface area contributed by atoms with Crippen LogP contribution < -0.4 is 11.5 Å². The average Bonchev–Trinajstić information content (AvgIpc) is 2.53. The number of aliphatic imine (C=N–C) groups is 1. The van der Waals surface area contributed by atoms with Gasteiger partial charge in [0.1, 0.15) is 0 Å². The molecule has 0 saturated heterocycles. The summed E-state index contributed by atoms with van der Waals surface area (Å²) in [5.74, 6) is -0.421. The monoisotopic (exact) mass is 345 g/mol. The minimum Gasteiger partial charge on any atom is -0.370 e. The van der Waals surface area contributed by atoms with E-state index in [1.807, 2.05) is 30.3 Å². The fourth-order valence-electron chi connectivity index (χ4n) is 2.51. The second kappa shape index (κ2) is 9.08. The van der Waals surface area contributed by atoms with E-state index in [2.05, 4.69) is 43.1 Å². The Morgan fingerprint density at radius 2 is 1.54 bits per heavy atom. The Morgan fingerprint density at radius 3 is 2.04 bits per heavy atom. The maximum Gasteiger partial charge on any atom is 0.256 e. The molecule has 0 spiro atoms. The van der Waals surface area contributed by atoms with Gasteiger partial charge in [0.2, 0.25) is 0 Å². The van der Waals surface area contributed by atoms with E-state index in [9.17, 15) is 4.79 Å². The largest absolute Gasteiger partial charge is 0.370 e. The van der Waals surface area contributed by atoms with Crippen LogP contribution in [0.1, 0.15) is 42.4 Å². The third kappa shape index (κ3) is 5.39. The van der Waals surface area contributed by atoms with Crippen molar-refractivity contribution < 1.29 is 4.79 Å². The van der Waals surface area contributed by atoms with Gasteiger partial charge in [-0.05, 0) is 29.0 Å². The molecule has 0 saturated carbocycles. The van der Waals surface area contributed by atoms with E-state index in [-0.39, 0.29) is 30.2 Å². The predicted molar refractivity (Wildman–Crippen MR) is 101 cm³/mol. The van der Waals surface area contributed by atoms with Gasteiger partial charge >= 0.3 is 0 Å². The molecule has 5 heteroatoms. The number of carbonyl (C=O) groups is 1. The summed E-state index contributed by atoms with van der Waals surface area (Å²) in [7, 11) is 0. The van der Waals surface area contributed by atoms with Crippen LogP contribution >= 0.6 is 12.4 Å². The number of rotatable bonds is 5. The molecule has 1 atom stereocenters. The summed E-state index contributed by atoms with van der Waals surface area (Å²) in [5, 5.41) is 0. The highest BCUT2D eigenvalue weighted by Crippen LogP contribution is 2.24. The van der Waals surface area contributed by atoms with Crippen LogP contribution in [-0.2, 0) is 11.2 Å². The minimum atomic E-state index is -0.386. The summed E-state index contributed by atoms with van der Waals surface area (Å²) in [5.41, 5.74) is 14.0. The van der Waals surface area contributed by atoms with E-state index >= 15 is 0 Å². The van der Waals surface area contributed by atoms with Crippen LogP contribution in [-0.4, -0.2) is 11.9 Å². The normalized spacial score (nSPS) is 11.5. The number of amides is 1. The van der Waals surface area contributed by atoms with Crippen LogP contribution in [0.15, 0.2) is 59.6 Å². The van der Waals surface area contributed by atoms with Crippen molar-refractivity contribution >= 4 is 24.3 Å². The third-order valence-electron chi connectivity index (χ3n) is 3.83. The number of carbonyl (C=O) groups excluding carboxylic acids is 1. The highest BCUT2D eigenvalue weighted by molar-refractivity contribution is 5.95. The van der Waals surface area contributed by atoms with Crippen molar-refractivity contribution in [3.63, 3.8) is 0 Å². The van der Waals surface area contributed by atoms with Crippen molar-refractivity contribution in [2.75, 3.05) is 0 Å². The Hall–Kier alpha value is -2.33. The van der Waals surface area contributed by atoms with E-state index in [4.69, 9.17) is 11.5 Å². The quantitative estimate of drug-likeness (QED) is 0.644. The van der Waals surface area contributed by atoms with Crippen LogP contribution in [0.3, 0.4) is 0 Å². The van der Waals surface area contributed by atoms with Crippen molar-refractivity contribution in [1.29, 1.82) is 0 Å². The van der Waals surface area contributed by atoms with Crippen LogP contribution in [0.2, 0.25) is 0 Å². The summed E-state index contributed by atoms with van der Waals surface area (Å²) < 4.78 is 0. The van der Waals surface area contributed by atoms with Crippen molar-refractivity contribution in [2.45, 2.75) is 32.1 Å². The standard InChI is InChI=1S/C19H23N3O.ClH/c1-13(2)15-10-8-14(9-11-15)12-17(18(23)22-19(20)21)16-6-4-3-5-7-16;/h3-11,13,17H,12H2,1-2H3,(H4,20,21,22,23);1H. The summed E-state index contributed by atoms with van der Waals surface area (Å²) in [6.45, 7) is 4.31. The number of hydrogen-bond acceptors (Lipinski definition) is 1. The number of nitrogens with two attached hydrogens (primary N) is 2. The zero-order valence-electron chi connectivity index (χ0n) is 14.0. The predicted octanol–water partition coefficient (Wildman–Crippen LogP) is 3.36. The van der Waals surface area contributed by atoms with Gasteiger partial charge in [0, 0.05) is 0 Å². The fraction of sp³-hybridized carbons (Fsp3) is 0.263. The number of nitrogens with zero attached hydrogens (tertiary/aromatic N) is 1. The molecule has 128 valence electrons. The molecule has 0 aliphatic heterocycles. The van der Waals surface area contributed by atoms with Gasteiger partial charge in [-0.2, -0.15) is 4.99 Å². The van der Waals surface area contributed by atoms with Crippen LogP contribution in [0, 0.1) is 0 Å². The van der Waals surface area contributed by atoms with Crippen molar-refractivity contribution in [1.82, 2.24) is 0 Å². The summed E-state index contributed by atoms with van der Waals surface area (Å²) in [6.07, 6.45) is 0.567. The maximum atomic E-state index is 12.4. The molecule has 0 radical (unpaired) electrons.